The molecular formula is C21H18ClNO. The van der Waals surface area contributed by atoms with Gasteiger partial charge in [-0.3, -0.25) is 4.79 Å². The van der Waals surface area contributed by atoms with E-state index in [9.17, 15) is 4.79 Å². The number of hydrogen-bond donors (Lipinski definition) is 1. The fraction of sp³-hybridized carbons (Fsp3) is 0.0952. The van der Waals surface area contributed by atoms with Crippen molar-refractivity contribution in [2.24, 2.45) is 0 Å². The molecule has 0 spiro atoms. The standard InChI is InChI=1S/C21H18ClNO/c1-15-19(22)8-5-9-20(15)23-21(24)14-16-10-12-18(13-11-16)17-6-3-2-4-7-17/h2-13H,14H2,1H3,(H,23,24). The molecule has 24 heavy (non-hydrogen) atoms. The molecule has 0 fully saturated rings. The lowest BCUT2D eigenvalue weighted by Gasteiger charge is -2.10. The number of carbonyl (C=O) groups excluding carboxylic acids is 1. The van der Waals surface area contributed by atoms with Crippen molar-refractivity contribution in [3.05, 3.63) is 88.9 Å². The number of anilines is 1. The fourth-order valence-electron chi connectivity index (χ4n) is 2.57. The van der Waals surface area contributed by atoms with E-state index in [1.54, 1.807) is 0 Å². The molecule has 0 radical (unpaired) electrons. The van der Waals surface area contributed by atoms with E-state index in [-0.39, 0.29) is 5.91 Å². The van der Waals surface area contributed by atoms with Crippen molar-refractivity contribution in [1.82, 2.24) is 0 Å². The van der Waals surface area contributed by atoms with Crippen LogP contribution in [-0.4, -0.2) is 5.91 Å². The van der Waals surface area contributed by atoms with E-state index in [0.29, 0.717) is 11.4 Å². The summed E-state index contributed by atoms with van der Waals surface area (Å²) in [6, 6.07) is 23.8. The average molecular weight is 336 g/mol. The second kappa shape index (κ2) is 7.33. The Kier molecular flexibility index (Phi) is 4.97. The van der Waals surface area contributed by atoms with Gasteiger partial charge in [-0.15, -0.1) is 0 Å². The quantitative estimate of drug-likeness (QED) is 0.670. The molecular weight excluding hydrogens is 318 g/mol. The molecule has 1 amide bonds. The fourth-order valence-corrected chi connectivity index (χ4v) is 2.74. The van der Waals surface area contributed by atoms with Crippen LogP contribution in [0.15, 0.2) is 72.8 Å². The van der Waals surface area contributed by atoms with Gasteiger partial charge in [-0.1, -0.05) is 72.3 Å². The molecule has 0 heterocycles. The van der Waals surface area contributed by atoms with Crippen LogP contribution >= 0.6 is 11.6 Å². The van der Waals surface area contributed by atoms with E-state index in [0.717, 1.165) is 22.4 Å². The zero-order valence-corrected chi connectivity index (χ0v) is 14.2. The van der Waals surface area contributed by atoms with E-state index in [1.807, 2.05) is 67.6 Å². The Morgan fingerprint density at radius 2 is 1.54 bits per heavy atom. The molecule has 0 atom stereocenters. The molecule has 3 rings (SSSR count). The first-order chi connectivity index (χ1) is 11.6. The summed E-state index contributed by atoms with van der Waals surface area (Å²) >= 11 is 6.08. The highest BCUT2D eigenvalue weighted by Gasteiger charge is 2.08. The molecule has 2 nitrogen and oxygen atoms in total. The van der Waals surface area contributed by atoms with Crippen LogP contribution in [0.3, 0.4) is 0 Å². The molecule has 3 aromatic carbocycles. The van der Waals surface area contributed by atoms with E-state index < -0.39 is 0 Å². The molecule has 0 aliphatic rings. The van der Waals surface area contributed by atoms with E-state index in [2.05, 4.69) is 17.4 Å². The second-order valence-electron chi connectivity index (χ2n) is 5.70. The monoisotopic (exact) mass is 335 g/mol. The van der Waals surface area contributed by atoms with Crippen LogP contribution < -0.4 is 5.32 Å². The summed E-state index contributed by atoms with van der Waals surface area (Å²) in [4.78, 5) is 12.2. The van der Waals surface area contributed by atoms with Gasteiger partial charge in [-0.05, 0) is 41.3 Å². The Bertz CT molecular complexity index is 841. The first kappa shape index (κ1) is 16.3. The maximum absolute atomic E-state index is 12.2. The Morgan fingerprint density at radius 1 is 0.875 bits per heavy atom. The first-order valence-electron chi connectivity index (χ1n) is 7.83. The van der Waals surface area contributed by atoms with Crippen molar-refractivity contribution in [2.75, 3.05) is 5.32 Å². The smallest absolute Gasteiger partial charge is 0.228 e. The minimum Gasteiger partial charge on any atom is -0.326 e. The predicted molar refractivity (Wildman–Crippen MR) is 100 cm³/mol. The van der Waals surface area contributed by atoms with Gasteiger partial charge in [-0.2, -0.15) is 0 Å². The number of rotatable bonds is 4. The summed E-state index contributed by atoms with van der Waals surface area (Å²) in [5.74, 6) is -0.0483. The molecule has 0 saturated heterocycles. The number of nitrogens with one attached hydrogen (secondary N) is 1. The van der Waals surface area contributed by atoms with Crippen LogP contribution in [-0.2, 0) is 11.2 Å². The van der Waals surface area contributed by atoms with Crippen LogP contribution in [0.25, 0.3) is 11.1 Å². The highest BCUT2D eigenvalue weighted by molar-refractivity contribution is 6.31. The number of carbonyl (C=O) groups is 1. The molecule has 3 heteroatoms. The SMILES string of the molecule is Cc1c(Cl)cccc1NC(=O)Cc1ccc(-c2ccccc2)cc1. The summed E-state index contributed by atoms with van der Waals surface area (Å²) in [6.07, 6.45) is 0.334. The predicted octanol–water partition coefficient (Wildman–Crippen LogP) is 5.50. The summed E-state index contributed by atoms with van der Waals surface area (Å²) in [7, 11) is 0. The molecule has 0 unspecified atom stereocenters. The van der Waals surface area contributed by atoms with Crippen molar-refractivity contribution in [1.29, 1.82) is 0 Å². The van der Waals surface area contributed by atoms with E-state index >= 15 is 0 Å². The molecule has 0 aliphatic carbocycles. The third-order valence-electron chi connectivity index (χ3n) is 3.97. The van der Waals surface area contributed by atoms with Crippen LogP contribution in [0, 0.1) is 6.92 Å². The maximum atomic E-state index is 12.2. The number of halogens is 1. The molecule has 1 N–H and O–H groups in total. The topological polar surface area (TPSA) is 29.1 Å². The van der Waals surface area contributed by atoms with Crippen LogP contribution in [0.4, 0.5) is 5.69 Å². The minimum atomic E-state index is -0.0483. The Balaban J connectivity index is 1.68. The zero-order chi connectivity index (χ0) is 16.9. The molecule has 0 aromatic heterocycles. The second-order valence-corrected chi connectivity index (χ2v) is 6.11. The van der Waals surface area contributed by atoms with Crippen molar-refractivity contribution >= 4 is 23.2 Å². The van der Waals surface area contributed by atoms with Gasteiger partial charge in [0.05, 0.1) is 6.42 Å². The number of amides is 1. The highest BCUT2D eigenvalue weighted by Crippen LogP contribution is 2.23. The molecule has 3 aromatic rings. The summed E-state index contributed by atoms with van der Waals surface area (Å²) in [5, 5.41) is 3.58. The Morgan fingerprint density at radius 3 is 2.25 bits per heavy atom. The third-order valence-corrected chi connectivity index (χ3v) is 4.38. The van der Waals surface area contributed by atoms with Crippen molar-refractivity contribution in [3.63, 3.8) is 0 Å². The maximum Gasteiger partial charge on any atom is 0.228 e. The number of hydrogen-bond acceptors (Lipinski definition) is 1. The molecule has 0 bridgehead atoms. The Labute approximate surface area is 147 Å². The van der Waals surface area contributed by atoms with Crippen LogP contribution in [0.2, 0.25) is 5.02 Å². The third kappa shape index (κ3) is 3.84. The van der Waals surface area contributed by atoms with E-state index in [1.165, 1.54) is 5.56 Å². The summed E-state index contributed by atoms with van der Waals surface area (Å²) < 4.78 is 0. The van der Waals surface area contributed by atoms with Crippen molar-refractivity contribution < 1.29 is 4.79 Å². The van der Waals surface area contributed by atoms with Crippen LogP contribution in [0.1, 0.15) is 11.1 Å². The van der Waals surface area contributed by atoms with Crippen LogP contribution in [0.5, 0.6) is 0 Å². The lowest BCUT2D eigenvalue weighted by Crippen LogP contribution is -2.15. The first-order valence-corrected chi connectivity index (χ1v) is 8.20. The minimum absolute atomic E-state index is 0.0483. The Hall–Kier alpha value is -2.58. The highest BCUT2D eigenvalue weighted by atomic mass is 35.5. The lowest BCUT2D eigenvalue weighted by atomic mass is 10.0. The van der Waals surface area contributed by atoms with Gasteiger partial charge in [0.25, 0.3) is 0 Å². The average Bonchev–Trinajstić information content (AvgIpc) is 2.60. The van der Waals surface area contributed by atoms with Gasteiger partial charge in [0.1, 0.15) is 0 Å². The molecule has 0 saturated carbocycles. The summed E-state index contributed by atoms with van der Waals surface area (Å²) in [6.45, 7) is 1.90. The molecule has 120 valence electrons. The van der Waals surface area contributed by atoms with E-state index in [4.69, 9.17) is 11.6 Å². The van der Waals surface area contributed by atoms with Gasteiger partial charge < -0.3 is 5.32 Å². The zero-order valence-electron chi connectivity index (χ0n) is 13.4. The van der Waals surface area contributed by atoms with Crippen molar-refractivity contribution in [2.45, 2.75) is 13.3 Å². The lowest BCUT2D eigenvalue weighted by molar-refractivity contribution is -0.115. The largest absolute Gasteiger partial charge is 0.326 e. The van der Waals surface area contributed by atoms with Gasteiger partial charge in [0.15, 0.2) is 0 Å². The van der Waals surface area contributed by atoms with Gasteiger partial charge in [0.2, 0.25) is 5.91 Å². The molecule has 0 aliphatic heterocycles. The van der Waals surface area contributed by atoms with Gasteiger partial charge in [0, 0.05) is 10.7 Å². The summed E-state index contributed by atoms with van der Waals surface area (Å²) in [5.41, 5.74) is 4.93. The number of benzene rings is 3. The normalized spacial score (nSPS) is 10.4. The van der Waals surface area contributed by atoms with Gasteiger partial charge >= 0.3 is 0 Å². The van der Waals surface area contributed by atoms with Crippen molar-refractivity contribution in [3.8, 4) is 11.1 Å². The van der Waals surface area contributed by atoms with Gasteiger partial charge in [-0.25, -0.2) is 0 Å².